The third kappa shape index (κ3) is 9.47. The van der Waals surface area contributed by atoms with Gasteiger partial charge in [-0.2, -0.15) is 13.2 Å². The number of likely N-dealkylation sites (N-methyl/N-ethyl adjacent to an activating group) is 1. The van der Waals surface area contributed by atoms with Crippen LogP contribution < -0.4 is 36.1 Å². The highest BCUT2D eigenvalue weighted by Crippen LogP contribution is 2.33. The molecule has 0 aliphatic rings. The van der Waals surface area contributed by atoms with Gasteiger partial charge in [0, 0.05) is 31.5 Å². The van der Waals surface area contributed by atoms with Crippen LogP contribution in [0.3, 0.4) is 0 Å². The Kier molecular flexibility index (Phi) is 12.1. The van der Waals surface area contributed by atoms with Crippen LogP contribution in [0.25, 0.3) is 0 Å². The molecule has 3 rings (SSSR count). The van der Waals surface area contributed by atoms with Gasteiger partial charge in [-0.15, -0.1) is 0 Å². The number of methoxy groups -OCH3 is 1. The van der Waals surface area contributed by atoms with E-state index in [1.165, 1.54) is 69.9 Å². The first-order valence-corrected chi connectivity index (χ1v) is 13.9. The number of amidine groups is 1. The lowest BCUT2D eigenvalue weighted by Crippen LogP contribution is -2.45. The van der Waals surface area contributed by atoms with Crippen LogP contribution >= 0.6 is 0 Å². The number of benzene rings is 2. The quantitative estimate of drug-likeness (QED) is 0.0584. The zero-order valence-corrected chi connectivity index (χ0v) is 26.0. The largest absolute Gasteiger partial charge is 0.491 e. The summed E-state index contributed by atoms with van der Waals surface area (Å²) in [5.41, 5.74) is 11.1. The summed E-state index contributed by atoms with van der Waals surface area (Å²) in [5, 5.41) is 10.6. The molecule has 0 aliphatic carbocycles. The normalized spacial score (nSPS) is 12.1. The van der Waals surface area contributed by atoms with E-state index < -0.39 is 42.2 Å². The van der Waals surface area contributed by atoms with Crippen molar-refractivity contribution in [2.24, 2.45) is 5.73 Å². The fraction of sp³-hybridized carbons (Fsp3) is 0.267. The minimum atomic E-state index is -5.41. The van der Waals surface area contributed by atoms with Crippen molar-refractivity contribution in [3.05, 3.63) is 77.5 Å². The molecule has 15 nitrogen and oxygen atoms in total. The number of aromatic nitrogens is 1. The molecule has 0 aliphatic heterocycles. The molecule has 0 saturated heterocycles. The zero-order valence-electron chi connectivity index (χ0n) is 26.0. The summed E-state index contributed by atoms with van der Waals surface area (Å²) in [7, 11) is 3.75. The van der Waals surface area contributed by atoms with E-state index in [2.05, 4.69) is 25.9 Å². The van der Waals surface area contributed by atoms with Crippen LogP contribution in [-0.2, 0) is 19.1 Å². The Morgan fingerprint density at radius 2 is 1.71 bits per heavy atom. The Hall–Kier alpha value is -6.07. The Morgan fingerprint density at radius 1 is 1.02 bits per heavy atom. The Balaban J connectivity index is 1.98. The number of nitrogens with two attached hydrogens (primary N) is 1. The number of pyridine rings is 1. The van der Waals surface area contributed by atoms with Gasteiger partial charge < -0.3 is 34.9 Å². The maximum absolute atomic E-state index is 13.5. The summed E-state index contributed by atoms with van der Waals surface area (Å²) < 4.78 is 59.2. The number of hydrogen-bond acceptors (Lipinski definition) is 11. The van der Waals surface area contributed by atoms with Gasteiger partial charge >= 0.3 is 24.3 Å². The van der Waals surface area contributed by atoms with Gasteiger partial charge in [0.1, 0.15) is 17.4 Å². The summed E-state index contributed by atoms with van der Waals surface area (Å²) in [6.07, 6.45) is -6.34. The van der Waals surface area contributed by atoms with Gasteiger partial charge in [-0.1, -0.05) is 6.07 Å². The van der Waals surface area contributed by atoms with Gasteiger partial charge in [0.25, 0.3) is 11.8 Å². The van der Waals surface area contributed by atoms with E-state index in [1.54, 1.807) is 19.1 Å². The number of nitrogen functional groups attached to an aromatic ring is 1. The lowest BCUT2D eigenvalue weighted by Gasteiger charge is -2.24. The summed E-state index contributed by atoms with van der Waals surface area (Å²) >= 11 is 0. The second-order valence-electron chi connectivity index (χ2n) is 9.80. The van der Waals surface area contributed by atoms with E-state index in [0.717, 1.165) is 4.90 Å². The standard InChI is InChI=1S/C30H32F3N7O8/c1-5-46-21-15-17(10-13-20(21)47-28(27(43)40(2)3)48-29(44)30(31,32)33)22(37-18-11-8-16(9-12-18)23(34)35)25(42)39-38-24(41)19-7-6-14-36-26(19)45-4/h6-15,22,28,37H,5H2,1-4H3,(H3,34,35)(H,38,41)(H,39,42). The van der Waals surface area contributed by atoms with E-state index in [-0.39, 0.29) is 40.9 Å². The van der Waals surface area contributed by atoms with Crippen LogP contribution in [0.1, 0.15) is 34.5 Å². The molecular weight excluding hydrogens is 643 g/mol. The molecule has 2 aromatic carbocycles. The van der Waals surface area contributed by atoms with E-state index in [0.29, 0.717) is 11.3 Å². The number of nitrogens with zero attached hydrogens (tertiary/aromatic N) is 2. The molecule has 256 valence electrons. The van der Waals surface area contributed by atoms with Crippen molar-refractivity contribution >= 4 is 35.2 Å². The number of nitrogens with one attached hydrogen (secondary N) is 4. The molecule has 18 heteroatoms. The summed E-state index contributed by atoms with van der Waals surface area (Å²) in [4.78, 5) is 55.3. The lowest BCUT2D eigenvalue weighted by atomic mass is 10.0. The van der Waals surface area contributed by atoms with Crippen molar-refractivity contribution in [1.29, 1.82) is 5.41 Å². The third-order valence-corrected chi connectivity index (χ3v) is 6.20. The van der Waals surface area contributed by atoms with Crippen LogP contribution in [0.5, 0.6) is 17.4 Å². The zero-order chi connectivity index (χ0) is 35.6. The number of hydrogen-bond donors (Lipinski definition) is 5. The number of anilines is 1. The molecule has 1 heterocycles. The van der Waals surface area contributed by atoms with Gasteiger partial charge in [-0.05, 0) is 61.0 Å². The first-order valence-electron chi connectivity index (χ1n) is 13.9. The number of halogens is 3. The van der Waals surface area contributed by atoms with Gasteiger partial charge in [0.05, 0.1) is 13.7 Å². The van der Waals surface area contributed by atoms with Crippen LogP contribution in [0, 0.1) is 5.41 Å². The smallest absolute Gasteiger partial charge is 0.490 e. The van der Waals surface area contributed by atoms with Crippen molar-refractivity contribution in [3.8, 4) is 17.4 Å². The van der Waals surface area contributed by atoms with Crippen molar-refractivity contribution in [1.82, 2.24) is 20.7 Å². The van der Waals surface area contributed by atoms with Crippen LogP contribution in [0.2, 0.25) is 0 Å². The van der Waals surface area contributed by atoms with E-state index in [1.807, 2.05) is 0 Å². The number of alkyl halides is 3. The predicted molar refractivity (Wildman–Crippen MR) is 163 cm³/mol. The van der Waals surface area contributed by atoms with Crippen molar-refractivity contribution < 1.29 is 51.3 Å². The van der Waals surface area contributed by atoms with Crippen LogP contribution in [0.15, 0.2) is 60.8 Å². The highest BCUT2D eigenvalue weighted by molar-refractivity contribution is 5.98. The first kappa shape index (κ1) is 36.4. The predicted octanol–water partition coefficient (Wildman–Crippen LogP) is 2.29. The lowest BCUT2D eigenvalue weighted by molar-refractivity contribution is -0.217. The minimum absolute atomic E-state index is 0.00777. The van der Waals surface area contributed by atoms with Crippen molar-refractivity contribution in [2.45, 2.75) is 25.4 Å². The summed E-state index contributed by atoms with van der Waals surface area (Å²) in [6, 6.07) is 11.6. The first-order chi connectivity index (χ1) is 22.7. The Labute approximate surface area is 272 Å². The molecule has 1 aromatic heterocycles. The van der Waals surface area contributed by atoms with E-state index in [4.69, 9.17) is 25.4 Å². The summed E-state index contributed by atoms with van der Waals surface area (Å²) in [5.74, 6) is -5.92. The van der Waals surface area contributed by atoms with Crippen LogP contribution in [-0.4, -0.2) is 79.7 Å². The molecule has 2 unspecified atom stereocenters. The molecule has 0 saturated carbocycles. The van der Waals surface area contributed by atoms with Gasteiger partial charge in [0.15, 0.2) is 11.5 Å². The summed E-state index contributed by atoms with van der Waals surface area (Å²) in [6.45, 7) is 1.60. The van der Waals surface area contributed by atoms with Crippen molar-refractivity contribution in [2.75, 3.05) is 33.1 Å². The van der Waals surface area contributed by atoms with E-state index >= 15 is 0 Å². The molecule has 3 aromatic rings. The number of carbonyl (C=O) groups excluding carboxylic acids is 4. The molecular formula is C30H32F3N7O8. The fourth-order valence-corrected chi connectivity index (χ4v) is 3.88. The second-order valence-corrected chi connectivity index (χ2v) is 9.80. The molecule has 0 radical (unpaired) electrons. The fourth-order valence-electron chi connectivity index (χ4n) is 3.88. The number of hydrazine groups is 1. The van der Waals surface area contributed by atoms with Crippen molar-refractivity contribution in [3.63, 3.8) is 0 Å². The van der Waals surface area contributed by atoms with Crippen LogP contribution in [0.4, 0.5) is 18.9 Å². The third-order valence-electron chi connectivity index (χ3n) is 6.20. The molecule has 0 fully saturated rings. The Bertz CT molecular complexity index is 1650. The van der Waals surface area contributed by atoms with Gasteiger partial charge in [-0.25, -0.2) is 9.78 Å². The highest BCUT2D eigenvalue weighted by Gasteiger charge is 2.44. The minimum Gasteiger partial charge on any atom is -0.490 e. The average Bonchev–Trinajstić information content (AvgIpc) is 3.05. The highest BCUT2D eigenvalue weighted by atomic mass is 19.4. The topological polar surface area (TPSA) is 207 Å². The number of ether oxygens (including phenoxy) is 4. The Morgan fingerprint density at radius 3 is 2.29 bits per heavy atom. The van der Waals surface area contributed by atoms with E-state index in [9.17, 15) is 32.3 Å². The number of amides is 3. The second kappa shape index (κ2) is 16.0. The molecule has 6 N–H and O–H groups in total. The number of carbonyl (C=O) groups is 4. The molecule has 3 amide bonds. The molecule has 0 spiro atoms. The van der Waals surface area contributed by atoms with Gasteiger partial charge in [-0.3, -0.25) is 30.6 Å². The molecule has 2 atom stereocenters. The monoisotopic (exact) mass is 675 g/mol. The molecule has 0 bridgehead atoms. The number of rotatable bonds is 13. The average molecular weight is 676 g/mol. The SMILES string of the molecule is CCOc1cc(C(Nc2ccc(C(=N)N)cc2)C(=O)NNC(=O)c2cccnc2OC)ccc1OC(OC(=O)C(F)(F)F)C(=O)N(C)C. The maximum Gasteiger partial charge on any atom is 0.491 e. The maximum atomic E-state index is 13.5. The molecule has 48 heavy (non-hydrogen) atoms. The van der Waals surface area contributed by atoms with Gasteiger partial charge in [0.2, 0.25) is 5.88 Å². The number of esters is 1.